The molecule has 1 aromatic rings. The van der Waals surface area contributed by atoms with E-state index in [1.54, 1.807) is 21.3 Å². The van der Waals surface area contributed by atoms with Gasteiger partial charge < -0.3 is 19.5 Å². The normalized spacial score (nSPS) is 10.7. The number of hydrogen-bond donors (Lipinski definition) is 1. The van der Waals surface area contributed by atoms with Crippen LogP contribution in [0.25, 0.3) is 0 Å². The third-order valence-corrected chi connectivity index (χ3v) is 3.50. The largest absolute Gasteiger partial charge is 0.495 e. The van der Waals surface area contributed by atoms with Crippen LogP contribution in [0.4, 0.5) is 5.69 Å². The third kappa shape index (κ3) is 4.13. The fourth-order valence-corrected chi connectivity index (χ4v) is 2.57. The van der Waals surface area contributed by atoms with Gasteiger partial charge in [0.15, 0.2) is 6.29 Å². The Kier molecular flexibility index (Phi) is 6.26. The molecule has 6 heteroatoms. The van der Waals surface area contributed by atoms with Crippen molar-refractivity contribution in [2.24, 2.45) is 0 Å². The van der Waals surface area contributed by atoms with E-state index in [0.717, 1.165) is 20.4 Å². The Bertz CT molecular complexity index is 370. The first-order chi connectivity index (χ1) is 8.12. The van der Waals surface area contributed by atoms with Crippen molar-refractivity contribution in [3.8, 4) is 5.75 Å². The van der Waals surface area contributed by atoms with Crippen molar-refractivity contribution in [2.45, 2.75) is 6.29 Å². The van der Waals surface area contributed by atoms with Gasteiger partial charge in [0.1, 0.15) is 5.75 Å². The zero-order valence-corrected chi connectivity index (χ0v) is 13.1. The maximum atomic E-state index is 5.23. The number of rotatable bonds is 6. The summed E-state index contributed by atoms with van der Waals surface area (Å²) in [6.45, 7) is 0.552. The van der Waals surface area contributed by atoms with Gasteiger partial charge in [0.05, 0.1) is 23.8 Å². The maximum absolute atomic E-state index is 5.23. The van der Waals surface area contributed by atoms with E-state index in [4.69, 9.17) is 14.2 Å². The Labute approximate surface area is 118 Å². The molecule has 0 saturated carbocycles. The quantitative estimate of drug-likeness (QED) is 0.782. The molecule has 1 N–H and O–H groups in total. The van der Waals surface area contributed by atoms with Crippen molar-refractivity contribution >= 4 is 37.5 Å². The lowest BCUT2D eigenvalue weighted by atomic mass is 10.3. The van der Waals surface area contributed by atoms with Crippen LogP contribution in [0, 0.1) is 0 Å². The molecule has 0 aliphatic heterocycles. The summed E-state index contributed by atoms with van der Waals surface area (Å²) < 4.78 is 17.3. The number of methoxy groups -OCH3 is 3. The molecule has 0 unspecified atom stereocenters. The smallest absolute Gasteiger partial charge is 0.173 e. The number of benzene rings is 1. The van der Waals surface area contributed by atoms with Crippen LogP contribution in [0.15, 0.2) is 21.1 Å². The lowest BCUT2D eigenvalue weighted by molar-refractivity contribution is -0.0914. The van der Waals surface area contributed by atoms with Crippen molar-refractivity contribution in [3.63, 3.8) is 0 Å². The molecule has 96 valence electrons. The molecule has 0 saturated heterocycles. The van der Waals surface area contributed by atoms with Gasteiger partial charge in [-0.25, -0.2) is 0 Å². The Hall–Kier alpha value is -0.300. The van der Waals surface area contributed by atoms with E-state index in [9.17, 15) is 0 Å². The molecule has 0 heterocycles. The summed E-state index contributed by atoms with van der Waals surface area (Å²) in [4.78, 5) is 0. The van der Waals surface area contributed by atoms with Gasteiger partial charge in [0, 0.05) is 24.8 Å². The predicted octanol–water partition coefficient (Wildman–Crippen LogP) is 3.25. The summed E-state index contributed by atoms with van der Waals surface area (Å²) in [5.41, 5.74) is 0.921. The van der Waals surface area contributed by atoms with Crippen molar-refractivity contribution in [2.75, 3.05) is 33.2 Å². The lowest BCUT2D eigenvalue weighted by Crippen LogP contribution is -2.23. The maximum Gasteiger partial charge on any atom is 0.173 e. The summed E-state index contributed by atoms with van der Waals surface area (Å²) in [5, 5.41) is 3.22. The SMILES string of the molecule is COc1cc(NCC(OC)OC)c(Br)cc1Br. The molecule has 0 aliphatic carbocycles. The Morgan fingerprint density at radius 3 is 2.29 bits per heavy atom. The van der Waals surface area contributed by atoms with Crippen LogP contribution in [0.1, 0.15) is 0 Å². The standard InChI is InChI=1S/C11H15Br2NO3/c1-15-10-5-9(7(12)4-8(10)13)14-6-11(16-2)17-3/h4-5,11,14H,6H2,1-3H3. The number of ether oxygens (including phenoxy) is 3. The minimum atomic E-state index is -0.281. The van der Waals surface area contributed by atoms with Crippen molar-refractivity contribution in [1.82, 2.24) is 0 Å². The molecular weight excluding hydrogens is 354 g/mol. The average molecular weight is 369 g/mol. The highest BCUT2D eigenvalue weighted by atomic mass is 79.9. The van der Waals surface area contributed by atoms with E-state index in [2.05, 4.69) is 37.2 Å². The molecule has 0 spiro atoms. The summed E-state index contributed by atoms with van der Waals surface area (Å²) in [5.74, 6) is 0.766. The zero-order chi connectivity index (χ0) is 12.8. The van der Waals surface area contributed by atoms with Crippen LogP contribution in [0.2, 0.25) is 0 Å². The topological polar surface area (TPSA) is 39.7 Å². The number of anilines is 1. The number of halogens is 2. The first-order valence-electron chi connectivity index (χ1n) is 4.94. The first kappa shape index (κ1) is 14.8. The zero-order valence-electron chi connectivity index (χ0n) is 9.92. The van der Waals surface area contributed by atoms with Crippen molar-refractivity contribution < 1.29 is 14.2 Å². The van der Waals surface area contributed by atoms with Crippen LogP contribution in [0.5, 0.6) is 5.75 Å². The highest BCUT2D eigenvalue weighted by molar-refractivity contribution is 9.11. The Morgan fingerprint density at radius 2 is 1.76 bits per heavy atom. The van der Waals surface area contributed by atoms with Gasteiger partial charge in [0.2, 0.25) is 0 Å². The molecule has 0 aromatic heterocycles. The van der Waals surface area contributed by atoms with Gasteiger partial charge in [-0.05, 0) is 37.9 Å². The second-order valence-corrected chi connectivity index (χ2v) is 4.96. The molecular formula is C11H15Br2NO3. The van der Waals surface area contributed by atoms with Gasteiger partial charge in [-0.2, -0.15) is 0 Å². The van der Waals surface area contributed by atoms with Crippen LogP contribution in [-0.4, -0.2) is 34.2 Å². The molecule has 1 rings (SSSR count). The number of hydrogen-bond acceptors (Lipinski definition) is 4. The molecule has 0 bridgehead atoms. The summed E-state index contributed by atoms with van der Waals surface area (Å²) >= 11 is 6.89. The van der Waals surface area contributed by atoms with Gasteiger partial charge in [0.25, 0.3) is 0 Å². The Morgan fingerprint density at radius 1 is 1.12 bits per heavy atom. The van der Waals surface area contributed by atoms with Crippen LogP contribution < -0.4 is 10.1 Å². The second-order valence-electron chi connectivity index (χ2n) is 3.25. The minimum Gasteiger partial charge on any atom is -0.495 e. The summed E-state index contributed by atoms with van der Waals surface area (Å²) in [6.07, 6.45) is -0.281. The van der Waals surface area contributed by atoms with Crippen LogP contribution in [0.3, 0.4) is 0 Å². The highest BCUT2D eigenvalue weighted by Crippen LogP contribution is 2.34. The molecule has 17 heavy (non-hydrogen) atoms. The van der Waals surface area contributed by atoms with E-state index in [1.165, 1.54) is 0 Å². The van der Waals surface area contributed by atoms with Gasteiger partial charge in [-0.15, -0.1) is 0 Å². The van der Waals surface area contributed by atoms with Gasteiger partial charge >= 0.3 is 0 Å². The van der Waals surface area contributed by atoms with Gasteiger partial charge in [-0.1, -0.05) is 0 Å². The van der Waals surface area contributed by atoms with Crippen LogP contribution in [-0.2, 0) is 9.47 Å². The van der Waals surface area contributed by atoms with Gasteiger partial charge in [-0.3, -0.25) is 0 Å². The van der Waals surface area contributed by atoms with E-state index in [-0.39, 0.29) is 6.29 Å². The lowest BCUT2D eigenvalue weighted by Gasteiger charge is -2.16. The third-order valence-electron chi connectivity index (χ3n) is 2.23. The van der Waals surface area contributed by atoms with E-state index in [1.807, 2.05) is 12.1 Å². The van der Waals surface area contributed by atoms with E-state index < -0.39 is 0 Å². The Balaban J connectivity index is 2.76. The summed E-state index contributed by atoms with van der Waals surface area (Å²) in [6, 6.07) is 3.83. The highest BCUT2D eigenvalue weighted by Gasteiger charge is 2.09. The predicted molar refractivity (Wildman–Crippen MR) is 74.7 cm³/mol. The van der Waals surface area contributed by atoms with E-state index >= 15 is 0 Å². The fraction of sp³-hybridized carbons (Fsp3) is 0.455. The monoisotopic (exact) mass is 367 g/mol. The molecule has 0 amide bonds. The minimum absolute atomic E-state index is 0.281. The molecule has 0 fully saturated rings. The first-order valence-corrected chi connectivity index (χ1v) is 6.53. The molecule has 4 nitrogen and oxygen atoms in total. The average Bonchev–Trinajstić information content (AvgIpc) is 2.32. The second kappa shape index (κ2) is 7.20. The molecule has 0 atom stereocenters. The van der Waals surface area contributed by atoms with Crippen molar-refractivity contribution in [1.29, 1.82) is 0 Å². The molecule has 0 radical (unpaired) electrons. The van der Waals surface area contributed by atoms with Crippen molar-refractivity contribution in [3.05, 3.63) is 21.1 Å². The molecule has 1 aromatic carbocycles. The van der Waals surface area contributed by atoms with E-state index in [0.29, 0.717) is 6.54 Å². The fourth-order valence-electron chi connectivity index (χ4n) is 1.28. The number of nitrogens with one attached hydrogen (secondary N) is 1. The summed E-state index contributed by atoms with van der Waals surface area (Å²) in [7, 11) is 4.84. The molecule has 0 aliphatic rings. The van der Waals surface area contributed by atoms with Crippen LogP contribution >= 0.6 is 31.9 Å².